The van der Waals surface area contributed by atoms with E-state index in [0.717, 1.165) is 25.0 Å². The molecule has 0 saturated carbocycles. The lowest BCUT2D eigenvalue weighted by molar-refractivity contribution is -0.118. The van der Waals surface area contributed by atoms with Gasteiger partial charge in [0, 0.05) is 0 Å². The first-order valence-electron chi connectivity index (χ1n) is 11.3. The summed E-state index contributed by atoms with van der Waals surface area (Å²) in [5.74, 6) is 0.901. The van der Waals surface area contributed by atoms with Crippen LogP contribution in [0.15, 0.2) is 91.0 Å². The van der Waals surface area contributed by atoms with Crippen LogP contribution in [0.1, 0.15) is 49.8 Å². The number of aliphatic hydroxyl groups excluding tert-OH is 1. The Morgan fingerprint density at radius 1 is 0.844 bits per heavy atom. The molecule has 3 aromatic rings. The monoisotopic (exact) mass is 512 g/mol. The topological polar surface area (TPSA) is 29.5 Å². The van der Waals surface area contributed by atoms with E-state index in [1.807, 2.05) is 18.7 Å². The quantitative estimate of drug-likeness (QED) is 0.119. The number of thioether (sulfide) groups is 1. The molecule has 3 rings (SSSR count). The second-order valence-corrected chi connectivity index (χ2v) is 11.4. The van der Waals surface area contributed by atoms with Crippen molar-refractivity contribution in [3.8, 4) is 0 Å². The predicted molar refractivity (Wildman–Crippen MR) is 140 cm³/mol. The molecule has 170 valence electrons. The Bertz CT molecular complexity index is 819. The Kier molecular flexibility index (Phi) is 9.42. The van der Waals surface area contributed by atoms with Crippen molar-refractivity contribution in [3.05, 3.63) is 108 Å². The van der Waals surface area contributed by atoms with E-state index in [4.69, 9.17) is 4.74 Å². The van der Waals surface area contributed by atoms with Crippen LogP contribution >= 0.6 is 27.7 Å². The Labute approximate surface area is 205 Å². The van der Waals surface area contributed by atoms with Gasteiger partial charge in [-0.05, 0) is 42.2 Å². The van der Waals surface area contributed by atoms with Crippen molar-refractivity contribution in [2.45, 2.75) is 48.5 Å². The lowest BCUT2D eigenvalue weighted by atomic mass is 9.84. The van der Waals surface area contributed by atoms with Gasteiger partial charge in [-0.15, -0.1) is 11.8 Å². The van der Waals surface area contributed by atoms with Gasteiger partial charge in [-0.1, -0.05) is 120 Å². The van der Waals surface area contributed by atoms with Crippen LogP contribution in [-0.2, 0) is 9.48 Å². The molecule has 0 aliphatic rings. The molecule has 0 aromatic heterocycles. The molecule has 2 atom stereocenters. The maximum Gasteiger partial charge on any atom is 0.169 e. The summed E-state index contributed by atoms with van der Waals surface area (Å²) in [5.41, 5.74) is 3.79. The fraction of sp³-hybridized carbons (Fsp3) is 0.357. The number of aliphatic hydroxyl groups is 1. The summed E-state index contributed by atoms with van der Waals surface area (Å²) in [6.07, 6.45) is 1.90. The highest BCUT2D eigenvalue weighted by atomic mass is 79.9. The number of rotatable bonds is 12. The second-order valence-electron chi connectivity index (χ2n) is 8.23. The predicted octanol–water partition coefficient (Wildman–Crippen LogP) is 7.39. The number of hydrogen-bond donors (Lipinski definition) is 1. The van der Waals surface area contributed by atoms with E-state index in [0.29, 0.717) is 6.61 Å². The molecule has 0 heterocycles. The standard InChI is InChI=1S/C28H33BrO2S/c1-3-20-27(2,29)26(30)31-21-13-22-32-28(23-14-7-4-8-15-23,24-16-9-5-10-17-24)25-18-11-6-12-19-25/h4-12,14-19,26,30H,3,13,20-22H2,1-2H3. The van der Waals surface area contributed by atoms with Crippen LogP contribution in [0.5, 0.6) is 0 Å². The molecule has 0 fully saturated rings. The van der Waals surface area contributed by atoms with Crippen molar-refractivity contribution in [1.29, 1.82) is 0 Å². The molecule has 0 bridgehead atoms. The van der Waals surface area contributed by atoms with Gasteiger partial charge in [0.25, 0.3) is 0 Å². The third-order valence-corrected chi connectivity index (χ3v) is 8.10. The summed E-state index contributed by atoms with van der Waals surface area (Å²) in [4.78, 5) is 0. The third kappa shape index (κ3) is 6.05. The van der Waals surface area contributed by atoms with Crippen LogP contribution in [0, 0.1) is 0 Å². The third-order valence-electron chi connectivity index (χ3n) is 5.68. The van der Waals surface area contributed by atoms with Gasteiger partial charge < -0.3 is 9.84 Å². The largest absolute Gasteiger partial charge is 0.367 e. The van der Waals surface area contributed by atoms with Gasteiger partial charge in [0.1, 0.15) is 0 Å². The highest BCUT2D eigenvalue weighted by Gasteiger charge is 2.36. The molecule has 0 aliphatic carbocycles. The van der Waals surface area contributed by atoms with Crippen molar-refractivity contribution in [3.63, 3.8) is 0 Å². The van der Waals surface area contributed by atoms with Crippen LogP contribution in [0.2, 0.25) is 0 Å². The van der Waals surface area contributed by atoms with E-state index in [1.165, 1.54) is 16.7 Å². The molecule has 2 nitrogen and oxygen atoms in total. The van der Waals surface area contributed by atoms with E-state index in [-0.39, 0.29) is 4.75 Å². The van der Waals surface area contributed by atoms with Crippen molar-refractivity contribution in [2.75, 3.05) is 12.4 Å². The Balaban J connectivity index is 1.81. The summed E-state index contributed by atoms with van der Waals surface area (Å²) in [7, 11) is 0. The van der Waals surface area contributed by atoms with Crippen molar-refractivity contribution in [2.24, 2.45) is 0 Å². The van der Waals surface area contributed by atoms with Gasteiger partial charge in [-0.25, -0.2) is 0 Å². The van der Waals surface area contributed by atoms with Crippen LogP contribution < -0.4 is 0 Å². The van der Waals surface area contributed by atoms with Crippen molar-refractivity contribution >= 4 is 27.7 Å². The van der Waals surface area contributed by atoms with Gasteiger partial charge in [0.15, 0.2) is 6.29 Å². The zero-order valence-electron chi connectivity index (χ0n) is 18.9. The van der Waals surface area contributed by atoms with E-state index in [2.05, 4.69) is 114 Å². The van der Waals surface area contributed by atoms with E-state index in [1.54, 1.807) is 0 Å². The number of benzene rings is 3. The molecule has 3 aromatic carbocycles. The summed E-state index contributed by atoms with van der Waals surface area (Å²) in [6, 6.07) is 32.2. The fourth-order valence-electron chi connectivity index (χ4n) is 4.03. The smallest absolute Gasteiger partial charge is 0.169 e. The molecule has 2 unspecified atom stereocenters. The van der Waals surface area contributed by atoms with Gasteiger partial charge in [-0.2, -0.15) is 0 Å². The summed E-state index contributed by atoms with van der Waals surface area (Å²) in [5, 5.41) is 10.4. The molecular formula is C28H33BrO2S. The van der Waals surface area contributed by atoms with Gasteiger partial charge in [0.2, 0.25) is 0 Å². The summed E-state index contributed by atoms with van der Waals surface area (Å²) < 4.78 is 5.07. The molecule has 1 N–H and O–H groups in total. The van der Waals surface area contributed by atoms with Gasteiger partial charge in [-0.3, -0.25) is 0 Å². The molecule has 0 amide bonds. The molecule has 4 heteroatoms. The molecule has 0 radical (unpaired) electrons. The minimum absolute atomic E-state index is 0.311. The molecule has 0 saturated heterocycles. The lowest BCUT2D eigenvalue weighted by Gasteiger charge is -2.35. The minimum Gasteiger partial charge on any atom is -0.367 e. The highest BCUT2D eigenvalue weighted by molar-refractivity contribution is 9.10. The first-order chi connectivity index (χ1) is 15.5. The Hall–Kier alpha value is -1.59. The highest BCUT2D eigenvalue weighted by Crippen LogP contribution is 2.48. The maximum atomic E-state index is 10.4. The minimum atomic E-state index is -0.811. The van der Waals surface area contributed by atoms with Crippen LogP contribution in [0.4, 0.5) is 0 Å². The number of ether oxygens (including phenoxy) is 1. The van der Waals surface area contributed by atoms with Gasteiger partial charge in [0.05, 0.1) is 15.7 Å². The second kappa shape index (κ2) is 12.0. The Morgan fingerprint density at radius 3 is 1.69 bits per heavy atom. The normalized spacial score (nSPS) is 14.6. The van der Waals surface area contributed by atoms with Crippen LogP contribution in [0.3, 0.4) is 0 Å². The SMILES string of the molecule is CCCC(C)(Br)C(O)OCCCSC(c1ccccc1)(c1ccccc1)c1ccccc1. The summed E-state index contributed by atoms with van der Waals surface area (Å²) in [6.45, 7) is 4.62. The van der Waals surface area contributed by atoms with Crippen LogP contribution in [-0.4, -0.2) is 28.1 Å². The van der Waals surface area contributed by atoms with Crippen molar-refractivity contribution in [1.82, 2.24) is 0 Å². The lowest BCUT2D eigenvalue weighted by Crippen LogP contribution is -2.35. The van der Waals surface area contributed by atoms with Crippen LogP contribution in [0.25, 0.3) is 0 Å². The zero-order chi connectivity index (χ0) is 22.9. The maximum absolute atomic E-state index is 10.4. The average molecular weight is 514 g/mol. The molecule has 0 spiro atoms. The number of halogens is 1. The first kappa shape index (κ1) is 25.0. The summed E-state index contributed by atoms with van der Waals surface area (Å²) >= 11 is 5.54. The Morgan fingerprint density at radius 2 is 1.28 bits per heavy atom. The zero-order valence-corrected chi connectivity index (χ0v) is 21.3. The van der Waals surface area contributed by atoms with E-state index < -0.39 is 10.6 Å². The van der Waals surface area contributed by atoms with E-state index in [9.17, 15) is 5.11 Å². The molecule has 32 heavy (non-hydrogen) atoms. The molecular weight excluding hydrogens is 480 g/mol. The fourth-order valence-corrected chi connectivity index (χ4v) is 6.04. The average Bonchev–Trinajstić information content (AvgIpc) is 2.83. The molecule has 0 aliphatic heterocycles. The number of hydrogen-bond acceptors (Lipinski definition) is 3. The van der Waals surface area contributed by atoms with Gasteiger partial charge >= 0.3 is 0 Å². The van der Waals surface area contributed by atoms with Crippen molar-refractivity contribution < 1.29 is 9.84 Å². The van der Waals surface area contributed by atoms with E-state index >= 15 is 0 Å². The number of alkyl halides is 1. The first-order valence-corrected chi connectivity index (χ1v) is 13.1.